The van der Waals surface area contributed by atoms with E-state index in [0.29, 0.717) is 29.1 Å². The SMILES string of the molecule is C[C@]12CC[C@@H]3c4ccc(OC(=O)c5ccccc5)cc4CC[C@H]3[C@@H]1CC[C@@H]2OC(=O)CCC(=O)O[C@H]1CO[C@H]2[C@@H]1OC[C@H]2O. The van der Waals surface area contributed by atoms with Crippen molar-refractivity contribution in [1.82, 2.24) is 0 Å². The number of aryl methyl sites for hydroxylation is 1. The molecule has 9 heteroatoms. The Morgan fingerprint density at radius 1 is 0.909 bits per heavy atom. The average Bonchev–Trinajstić information content (AvgIpc) is 3.71. The lowest BCUT2D eigenvalue weighted by atomic mass is 9.55. The lowest BCUT2D eigenvalue weighted by Gasteiger charge is -2.50. The number of rotatable bonds is 7. The Labute approximate surface area is 257 Å². The first-order valence-corrected chi connectivity index (χ1v) is 16.0. The Hall–Kier alpha value is -3.27. The second-order valence-electron chi connectivity index (χ2n) is 13.3. The Bertz CT molecular complexity index is 1410. The molecule has 5 aliphatic rings. The highest BCUT2D eigenvalue weighted by molar-refractivity contribution is 5.91. The van der Waals surface area contributed by atoms with E-state index in [4.69, 9.17) is 23.7 Å². The first kappa shape index (κ1) is 29.4. The van der Waals surface area contributed by atoms with E-state index >= 15 is 0 Å². The van der Waals surface area contributed by atoms with Crippen molar-refractivity contribution in [2.24, 2.45) is 17.3 Å². The van der Waals surface area contributed by atoms with E-state index in [1.165, 1.54) is 11.1 Å². The number of benzene rings is 2. The zero-order chi connectivity index (χ0) is 30.4. The molecule has 0 unspecified atom stereocenters. The second-order valence-corrected chi connectivity index (χ2v) is 13.3. The maximum absolute atomic E-state index is 12.9. The van der Waals surface area contributed by atoms with Gasteiger partial charge in [-0.25, -0.2) is 4.79 Å². The summed E-state index contributed by atoms with van der Waals surface area (Å²) in [5.41, 5.74) is 3.07. The fraction of sp³-hybridized carbons (Fsp3) is 0.571. The Morgan fingerprint density at radius 3 is 2.50 bits per heavy atom. The summed E-state index contributed by atoms with van der Waals surface area (Å²) in [6.07, 6.45) is 3.40. The van der Waals surface area contributed by atoms with Gasteiger partial charge in [0.25, 0.3) is 0 Å². The summed E-state index contributed by atoms with van der Waals surface area (Å²) >= 11 is 0. The van der Waals surface area contributed by atoms with Crippen LogP contribution < -0.4 is 4.74 Å². The summed E-state index contributed by atoms with van der Waals surface area (Å²) in [7, 11) is 0. The first-order chi connectivity index (χ1) is 21.3. The summed E-state index contributed by atoms with van der Waals surface area (Å²) < 4.78 is 28.3. The normalized spacial score (nSPS) is 35.1. The van der Waals surface area contributed by atoms with E-state index in [9.17, 15) is 19.5 Å². The van der Waals surface area contributed by atoms with Crippen LogP contribution in [-0.2, 0) is 35.0 Å². The molecule has 0 radical (unpaired) electrons. The van der Waals surface area contributed by atoms with Gasteiger partial charge in [-0.05, 0) is 91.7 Å². The monoisotopic (exact) mass is 604 g/mol. The fourth-order valence-electron chi connectivity index (χ4n) is 8.70. The summed E-state index contributed by atoms with van der Waals surface area (Å²) in [6, 6.07) is 15.1. The van der Waals surface area contributed by atoms with Gasteiger partial charge in [0.05, 0.1) is 31.6 Å². The lowest BCUT2D eigenvalue weighted by Crippen LogP contribution is -2.45. The molecular formula is C35H40O9. The summed E-state index contributed by atoms with van der Waals surface area (Å²) in [4.78, 5) is 37.9. The number of ether oxygens (including phenoxy) is 5. The third-order valence-electron chi connectivity index (χ3n) is 10.9. The number of esters is 3. The van der Waals surface area contributed by atoms with Crippen molar-refractivity contribution in [1.29, 1.82) is 0 Å². The van der Waals surface area contributed by atoms with Gasteiger partial charge in [-0.15, -0.1) is 0 Å². The van der Waals surface area contributed by atoms with E-state index in [-0.39, 0.29) is 49.5 Å². The maximum Gasteiger partial charge on any atom is 0.343 e. The van der Waals surface area contributed by atoms with Crippen molar-refractivity contribution in [3.05, 3.63) is 65.2 Å². The van der Waals surface area contributed by atoms with Gasteiger partial charge in [-0.2, -0.15) is 0 Å². The van der Waals surface area contributed by atoms with Crippen molar-refractivity contribution in [2.75, 3.05) is 13.2 Å². The summed E-state index contributed by atoms with van der Waals surface area (Å²) in [5, 5.41) is 9.88. The average molecular weight is 605 g/mol. The Kier molecular flexibility index (Phi) is 7.97. The highest BCUT2D eigenvalue weighted by Gasteiger charge is 2.56. The van der Waals surface area contributed by atoms with Crippen LogP contribution in [0.1, 0.15) is 79.3 Å². The van der Waals surface area contributed by atoms with Crippen LogP contribution in [0.2, 0.25) is 0 Å². The first-order valence-electron chi connectivity index (χ1n) is 16.0. The van der Waals surface area contributed by atoms with E-state index in [2.05, 4.69) is 13.0 Å². The van der Waals surface area contributed by atoms with E-state index in [1.807, 2.05) is 30.3 Å². The quantitative estimate of drug-likeness (QED) is 0.360. The molecule has 3 aliphatic carbocycles. The summed E-state index contributed by atoms with van der Waals surface area (Å²) in [6.45, 7) is 2.62. The molecule has 4 fully saturated rings. The van der Waals surface area contributed by atoms with Crippen LogP contribution in [-0.4, -0.2) is 66.7 Å². The molecule has 44 heavy (non-hydrogen) atoms. The molecule has 0 bridgehead atoms. The fourth-order valence-corrected chi connectivity index (χ4v) is 8.70. The molecule has 7 rings (SSSR count). The van der Waals surface area contributed by atoms with E-state index in [0.717, 1.165) is 38.5 Å². The number of hydrogen-bond donors (Lipinski definition) is 1. The van der Waals surface area contributed by atoms with Crippen LogP contribution in [0.15, 0.2) is 48.5 Å². The molecule has 2 aromatic rings. The molecule has 2 aromatic carbocycles. The molecule has 2 saturated heterocycles. The molecule has 9 nitrogen and oxygen atoms in total. The minimum absolute atomic E-state index is 0.0299. The van der Waals surface area contributed by atoms with Gasteiger partial charge in [0.15, 0.2) is 6.10 Å². The second kappa shape index (κ2) is 11.9. The lowest BCUT2D eigenvalue weighted by molar-refractivity contribution is -0.162. The zero-order valence-electron chi connectivity index (χ0n) is 25.0. The van der Waals surface area contributed by atoms with Crippen LogP contribution >= 0.6 is 0 Å². The van der Waals surface area contributed by atoms with Gasteiger partial charge in [0.1, 0.15) is 30.2 Å². The third kappa shape index (κ3) is 5.43. The molecule has 2 aliphatic heterocycles. The summed E-state index contributed by atoms with van der Waals surface area (Å²) in [5.74, 6) is 0.809. The van der Waals surface area contributed by atoms with Gasteiger partial charge in [-0.3, -0.25) is 9.59 Å². The van der Waals surface area contributed by atoms with Crippen LogP contribution in [0.25, 0.3) is 0 Å². The van der Waals surface area contributed by atoms with Gasteiger partial charge in [0.2, 0.25) is 0 Å². The molecule has 2 saturated carbocycles. The molecule has 0 amide bonds. The Balaban J connectivity index is 0.928. The topological polar surface area (TPSA) is 118 Å². The van der Waals surface area contributed by atoms with E-state index in [1.54, 1.807) is 12.1 Å². The number of carbonyl (C=O) groups excluding carboxylic acids is 3. The minimum atomic E-state index is -0.710. The van der Waals surface area contributed by atoms with Crippen molar-refractivity contribution in [3.8, 4) is 5.75 Å². The molecule has 9 atom stereocenters. The van der Waals surface area contributed by atoms with E-state index < -0.39 is 30.4 Å². The maximum atomic E-state index is 12.9. The number of aliphatic hydroxyl groups is 1. The van der Waals surface area contributed by atoms with Crippen molar-refractivity contribution >= 4 is 17.9 Å². The highest BCUT2D eigenvalue weighted by atomic mass is 16.6. The molecule has 0 aromatic heterocycles. The molecular weight excluding hydrogens is 564 g/mol. The van der Waals surface area contributed by atoms with Crippen LogP contribution in [0.3, 0.4) is 0 Å². The van der Waals surface area contributed by atoms with Crippen molar-refractivity contribution in [2.45, 2.75) is 94.7 Å². The van der Waals surface area contributed by atoms with Crippen molar-refractivity contribution in [3.63, 3.8) is 0 Å². The van der Waals surface area contributed by atoms with Crippen LogP contribution in [0, 0.1) is 17.3 Å². The van der Waals surface area contributed by atoms with Crippen LogP contribution in [0.4, 0.5) is 0 Å². The van der Waals surface area contributed by atoms with Crippen LogP contribution in [0.5, 0.6) is 5.75 Å². The highest BCUT2D eigenvalue weighted by Crippen LogP contribution is 2.61. The molecule has 2 heterocycles. The largest absolute Gasteiger partial charge is 0.462 e. The number of carbonyl (C=O) groups is 3. The smallest absolute Gasteiger partial charge is 0.343 e. The molecule has 234 valence electrons. The van der Waals surface area contributed by atoms with Crippen molar-refractivity contribution < 1.29 is 43.2 Å². The third-order valence-corrected chi connectivity index (χ3v) is 10.9. The number of fused-ring (bicyclic) bond motifs is 6. The number of aliphatic hydroxyl groups excluding tert-OH is 1. The number of hydrogen-bond acceptors (Lipinski definition) is 9. The molecule has 0 spiro atoms. The minimum Gasteiger partial charge on any atom is -0.462 e. The molecule has 1 N–H and O–H groups in total. The van der Waals surface area contributed by atoms with Gasteiger partial charge < -0.3 is 28.8 Å². The standard InChI is InChI=1S/C35H40O9/c1-35-16-15-24-23-10-8-22(42-34(39)20-5-3-2-4-6-20)17-21(23)7-9-25(24)26(35)11-12-29(35)44-31(38)14-13-30(37)43-28-19-41-32-27(36)18-40-33(28)32/h2-6,8,10,17,24-29,32-33,36H,7,9,11-16,18-19H2,1H3/t24-,25-,26+,27-,28+,29+,32-,33-,35+/m1/s1. The predicted molar refractivity (Wildman–Crippen MR) is 157 cm³/mol. The van der Waals surface area contributed by atoms with Gasteiger partial charge in [-0.1, -0.05) is 31.2 Å². The van der Waals surface area contributed by atoms with Gasteiger partial charge in [0, 0.05) is 5.41 Å². The predicted octanol–water partition coefficient (Wildman–Crippen LogP) is 4.52. The van der Waals surface area contributed by atoms with Gasteiger partial charge >= 0.3 is 17.9 Å². The Morgan fingerprint density at radius 2 is 1.68 bits per heavy atom. The zero-order valence-corrected chi connectivity index (χ0v) is 25.0.